The smallest absolute Gasteiger partial charge is 0.405 e. The van der Waals surface area contributed by atoms with E-state index < -0.39 is 23.0 Å². The number of carboxylic acids is 1. The van der Waals surface area contributed by atoms with Gasteiger partial charge in [0.15, 0.2) is 11.9 Å². The first kappa shape index (κ1) is 18.4. The van der Waals surface area contributed by atoms with Crippen molar-refractivity contribution >= 4 is 35.4 Å². The number of aliphatic carboxylic acids is 1. The first-order chi connectivity index (χ1) is 12.2. The fourth-order valence-electron chi connectivity index (χ4n) is 2.30. The number of carbonyl (C=O) groups is 1. The predicted octanol–water partition coefficient (Wildman–Crippen LogP) is 4.27. The van der Waals surface area contributed by atoms with Crippen LogP contribution in [0.25, 0.3) is 6.08 Å². The van der Waals surface area contributed by atoms with Crippen LogP contribution >= 0.6 is 23.4 Å². The number of halogens is 4. The lowest BCUT2D eigenvalue weighted by molar-refractivity contribution is -0.611. The number of fused-ring (bicyclic) bond motifs is 1. The number of aromatic nitrogens is 1. The van der Waals surface area contributed by atoms with E-state index in [9.17, 15) is 23.2 Å². The number of benzene rings is 1. The molecule has 1 aliphatic rings. The lowest BCUT2D eigenvalue weighted by Gasteiger charge is -2.25. The van der Waals surface area contributed by atoms with Crippen LogP contribution in [-0.2, 0) is 4.79 Å². The van der Waals surface area contributed by atoms with E-state index in [-0.39, 0.29) is 27.1 Å². The summed E-state index contributed by atoms with van der Waals surface area (Å²) in [7, 11) is 0. The van der Waals surface area contributed by atoms with E-state index in [2.05, 4.69) is 0 Å². The Labute approximate surface area is 154 Å². The van der Waals surface area contributed by atoms with E-state index in [4.69, 9.17) is 21.4 Å². The summed E-state index contributed by atoms with van der Waals surface area (Å²) >= 11 is 6.41. The number of ether oxygens (including phenoxy) is 1. The van der Waals surface area contributed by atoms with Gasteiger partial charge in [0, 0.05) is 11.0 Å². The van der Waals surface area contributed by atoms with Gasteiger partial charge in [0.2, 0.25) is 0 Å². The molecule has 136 valence electrons. The summed E-state index contributed by atoms with van der Waals surface area (Å²) in [6, 6.07) is 6.95. The molecule has 1 aliphatic heterocycles. The summed E-state index contributed by atoms with van der Waals surface area (Å²) in [5.74, 6) is -1.77. The van der Waals surface area contributed by atoms with Crippen molar-refractivity contribution in [1.82, 2.24) is 0 Å². The zero-order valence-corrected chi connectivity index (χ0v) is 14.2. The molecule has 1 atom stereocenters. The molecule has 0 amide bonds. The minimum Gasteiger partial charge on any atom is -0.616 e. The Morgan fingerprint density at radius 3 is 2.69 bits per heavy atom. The van der Waals surface area contributed by atoms with E-state index >= 15 is 0 Å². The van der Waals surface area contributed by atoms with E-state index in [1.807, 2.05) is 0 Å². The third-order valence-corrected chi connectivity index (χ3v) is 5.11. The zero-order chi connectivity index (χ0) is 19.1. The van der Waals surface area contributed by atoms with Crippen LogP contribution in [0.5, 0.6) is 11.6 Å². The highest BCUT2D eigenvalue weighted by atomic mass is 35.5. The molecule has 2 aromatic rings. The topological polar surface area (TPSA) is 73.5 Å². The fraction of sp³-hybridized carbons (Fsp3) is 0.125. The van der Waals surface area contributed by atoms with Gasteiger partial charge in [0.05, 0.1) is 16.7 Å². The highest BCUT2D eigenvalue weighted by Gasteiger charge is 2.47. The molecule has 1 unspecified atom stereocenters. The Morgan fingerprint density at radius 2 is 2.08 bits per heavy atom. The second-order valence-corrected chi connectivity index (χ2v) is 6.79. The minimum absolute atomic E-state index is 0.0122. The van der Waals surface area contributed by atoms with Gasteiger partial charge < -0.3 is 15.1 Å². The quantitative estimate of drug-likeness (QED) is 0.612. The van der Waals surface area contributed by atoms with Crippen LogP contribution in [0.1, 0.15) is 5.56 Å². The van der Waals surface area contributed by atoms with Crippen molar-refractivity contribution in [3.63, 3.8) is 0 Å². The largest absolute Gasteiger partial charge is 0.616 e. The molecule has 0 aliphatic carbocycles. The Kier molecular flexibility index (Phi) is 4.76. The summed E-state index contributed by atoms with van der Waals surface area (Å²) in [6.45, 7) is 0. The molecule has 10 heteroatoms. The number of nitrogens with zero attached hydrogens (tertiary/aromatic N) is 1. The van der Waals surface area contributed by atoms with Crippen molar-refractivity contribution in [2.24, 2.45) is 0 Å². The molecule has 0 saturated carbocycles. The number of hydrogen-bond acceptors (Lipinski definition) is 4. The van der Waals surface area contributed by atoms with Crippen LogP contribution in [-0.4, -0.2) is 22.5 Å². The maximum atomic E-state index is 13.2. The zero-order valence-electron chi connectivity index (χ0n) is 12.7. The molecule has 26 heavy (non-hydrogen) atoms. The number of alkyl halides is 3. The normalized spacial score (nSPS) is 16.6. The molecule has 2 heterocycles. The lowest BCUT2D eigenvalue weighted by atomic mass is 10.1. The number of carboxylic acid groups (broad SMARTS) is 1. The summed E-state index contributed by atoms with van der Waals surface area (Å²) in [5, 5.41) is 18.5. The van der Waals surface area contributed by atoms with E-state index in [1.54, 1.807) is 6.07 Å². The van der Waals surface area contributed by atoms with Gasteiger partial charge in [-0.3, -0.25) is 0 Å². The molecule has 0 fully saturated rings. The highest BCUT2D eigenvalue weighted by molar-refractivity contribution is 8.00. The Hall–Kier alpha value is -2.39. The molecule has 0 radical (unpaired) electrons. The Morgan fingerprint density at radius 1 is 1.35 bits per heavy atom. The number of rotatable bonds is 3. The second-order valence-electron chi connectivity index (χ2n) is 5.23. The number of thioether (sulfide) groups is 1. The van der Waals surface area contributed by atoms with Crippen LogP contribution in [0.4, 0.5) is 13.2 Å². The third-order valence-electron chi connectivity index (χ3n) is 3.45. The Balaban J connectivity index is 2.03. The molecular weight excluding hydrogens is 395 g/mol. The van der Waals surface area contributed by atoms with E-state index in [0.717, 1.165) is 6.08 Å². The van der Waals surface area contributed by atoms with Gasteiger partial charge >= 0.3 is 18.0 Å². The van der Waals surface area contributed by atoms with Crippen LogP contribution in [0.3, 0.4) is 0 Å². The standard InChI is InChI=1S/C16H9ClF3NO4S/c17-10-6-8-5-9(15(22)23)14(16(18,19)20)26-12(8)7-11(10)25-13-3-1-2-4-21(13)24/h1-7,14H,(H,22,23). The predicted molar refractivity (Wildman–Crippen MR) is 88.2 cm³/mol. The van der Waals surface area contributed by atoms with Gasteiger partial charge in [-0.15, -0.1) is 16.5 Å². The van der Waals surface area contributed by atoms with Gasteiger partial charge in [-0.2, -0.15) is 13.2 Å². The molecule has 5 nitrogen and oxygen atoms in total. The molecule has 0 bridgehead atoms. The Bertz CT molecular complexity index is 917. The van der Waals surface area contributed by atoms with Crippen molar-refractivity contribution in [3.8, 4) is 11.6 Å². The SMILES string of the molecule is O=C(O)C1=Cc2cc(Cl)c(Oc3cccc[n+]3[O-])cc2SC1C(F)(F)F. The maximum Gasteiger partial charge on any atom is 0.405 e. The molecule has 1 aromatic heterocycles. The summed E-state index contributed by atoms with van der Waals surface area (Å²) in [5.41, 5.74) is -0.548. The first-order valence-corrected chi connectivity index (χ1v) is 8.30. The van der Waals surface area contributed by atoms with Crippen molar-refractivity contribution in [2.45, 2.75) is 16.3 Å². The van der Waals surface area contributed by atoms with Crippen molar-refractivity contribution in [3.05, 3.63) is 57.9 Å². The third kappa shape index (κ3) is 3.58. The number of hydrogen-bond donors (Lipinski definition) is 1. The fourth-order valence-corrected chi connectivity index (χ4v) is 3.62. The van der Waals surface area contributed by atoms with Crippen molar-refractivity contribution < 1.29 is 32.5 Å². The summed E-state index contributed by atoms with van der Waals surface area (Å²) in [4.78, 5) is 11.3. The molecule has 1 aromatic carbocycles. The molecule has 3 rings (SSSR count). The van der Waals surface area contributed by atoms with Gasteiger partial charge in [-0.05, 0) is 29.8 Å². The average molecular weight is 404 g/mol. The van der Waals surface area contributed by atoms with Gasteiger partial charge in [-0.25, -0.2) is 4.79 Å². The molecule has 1 N–H and O–H groups in total. The minimum atomic E-state index is -4.75. The summed E-state index contributed by atoms with van der Waals surface area (Å²) < 4.78 is 45.4. The highest BCUT2D eigenvalue weighted by Crippen LogP contribution is 2.47. The molecule has 0 spiro atoms. The van der Waals surface area contributed by atoms with Gasteiger partial charge in [0.25, 0.3) is 0 Å². The van der Waals surface area contributed by atoms with Crippen molar-refractivity contribution in [2.75, 3.05) is 0 Å². The van der Waals surface area contributed by atoms with Crippen LogP contribution < -0.4 is 9.47 Å². The molecule has 0 saturated heterocycles. The van der Waals surface area contributed by atoms with Crippen LogP contribution in [0.15, 0.2) is 47.0 Å². The van der Waals surface area contributed by atoms with Gasteiger partial charge in [0.1, 0.15) is 5.25 Å². The monoisotopic (exact) mass is 403 g/mol. The second kappa shape index (κ2) is 6.73. The van der Waals surface area contributed by atoms with E-state index in [1.165, 1.54) is 30.5 Å². The first-order valence-electron chi connectivity index (χ1n) is 7.04. The molecular formula is C16H9ClF3NO4S. The van der Waals surface area contributed by atoms with Crippen molar-refractivity contribution in [1.29, 1.82) is 0 Å². The average Bonchev–Trinajstić information content (AvgIpc) is 2.55. The van der Waals surface area contributed by atoms with Gasteiger partial charge in [-0.1, -0.05) is 11.6 Å². The van der Waals surface area contributed by atoms with Crippen LogP contribution in [0.2, 0.25) is 5.02 Å². The van der Waals surface area contributed by atoms with Crippen LogP contribution in [0, 0.1) is 5.21 Å². The maximum absolute atomic E-state index is 13.2. The lowest BCUT2D eigenvalue weighted by Crippen LogP contribution is -2.32. The summed E-state index contributed by atoms with van der Waals surface area (Å²) in [6.07, 6.45) is -2.61. The van der Waals surface area contributed by atoms with E-state index in [0.29, 0.717) is 16.5 Å². The number of pyridine rings is 1.